The minimum atomic E-state index is 0.193. The minimum Gasteiger partial charge on any atom is -0.449 e. The SMILES string of the molecule is O=C1CCc2cc(Oc3ncnc4c3oc3ccccc34)ccc21. The highest BCUT2D eigenvalue weighted by Gasteiger charge is 2.20. The summed E-state index contributed by atoms with van der Waals surface area (Å²) in [4.78, 5) is 20.3. The molecule has 4 aromatic rings. The van der Waals surface area contributed by atoms with Gasteiger partial charge in [-0.15, -0.1) is 0 Å². The Labute approximate surface area is 136 Å². The maximum absolute atomic E-state index is 11.7. The molecule has 0 unspecified atom stereocenters. The van der Waals surface area contributed by atoms with Crippen LogP contribution in [0.5, 0.6) is 11.6 Å². The van der Waals surface area contributed by atoms with Gasteiger partial charge in [0.05, 0.1) is 0 Å². The average Bonchev–Trinajstić information content (AvgIpc) is 3.17. The summed E-state index contributed by atoms with van der Waals surface area (Å²) in [5.74, 6) is 1.21. The molecule has 1 aliphatic carbocycles. The lowest BCUT2D eigenvalue weighted by Crippen LogP contribution is -1.93. The van der Waals surface area contributed by atoms with Gasteiger partial charge in [-0.1, -0.05) is 12.1 Å². The van der Waals surface area contributed by atoms with E-state index in [0.717, 1.165) is 34.0 Å². The van der Waals surface area contributed by atoms with Crippen molar-refractivity contribution in [3.05, 3.63) is 59.9 Å². The number of Topliss-reactive ketones (excluding diaryl/α,β-unsaturated/α-hetero) is 1. The molecule has 0 amide bonds. The number of carbonyl (C=O) groups is 1. The molecule has 5 nitrogen and oxygen atoms in total. The van der Waals surface area contributed by atoms with Gasteiger partial charge in [-0.25, -0.2) is 4.98 Å². The number of furan rings is 1. The van der Waals surface area contributed by atoms with Crippen molar-refractivity contribution in [1.29, 1.82) is 0 Å². The molecule has 0 fully saturated rings. The van der Waals surface area contributed by atoms with E-state index < -0.39 is 0 Å². The molecule has 0 radical (unpaired) electrons. The number of aromatic nitrogens is 2. The molecule has 1 aliphatic rings. The Hall–Kier alpha value is -3.21. The Morgan fingerprint density at radius 1 is 1.04 bits per heavy atom. The molecule has 0 saturated carbocycles. The zero-order valence-electron chi connectivity index (χ0n) is 12.7. The molecule has 0 aliphatic heterocycles. The van der Waals surface area contributed by atoms with Crippen molar-refractivity contribution in [3.8, 4) is 11.6 Å². The Balaban J connectivity index is 1.61. The van der Waals surface area contributed by atoms with Gasteiger partial charge in [0.25, 0.3) is 5.88 Å². The first-order valence-corrected chi connectivity index (χ1v) is 7.76. The van der Waals surface area contributed by atoms with Gasteiger partial charge in [0.1, 0.15) is 23.2 Å². The number of rotatable bonds is 2. The first-order valence-electron chi connectivity index (χ1n) is 7.76. The van der Waals surface area contributed by atoms with Crippen molar-refractivity contribution in [2.24, 2.45) is 0 Å². The fraction of sp³-hybridized carbons (Fsp3) is 0.105. The molecular weight excluding hydrogens is 304 g/mol. The third-order valence-electron chi connectivity index (χ3n) is 4.34. The van der Waals surface area contributed by atoms with E-state index in [-0.39, 0.29) is 5.78 Å². The molecule has 0 spiro atoms. The Bertz CT molecular complexity index is 1110. The number of hydrogen-bond acceptors (Lipinski definition) is 5. The quantitative estimate of drug-likeness (QED) is 0.551. The van der Waals surface area contributed by atoms with Gasteiger partial charge < -0.3 is 9.15 Å². The lowest BCUT2D eigenvalue weighted by Gasteiger charge is -2.06. The molecule has 5 rings (SSSR count). The minimum absolute atomic E-state index is 0.193. The first-order chi connectivity index (χ1) is 11.8. The number of benzene rings is 2. The maximum Gasteiger partial charge on any atom is 0.267 e. The predicted octanol–water partition coefficient (Wildman–Crippen LogP) is 4.30. The van der Waals surface area contributed by atoms with Gasteiger partial charge in [-0.05, 0) is 42.3 Å². The molecule has 2 aromatic heterocycles. The molecule has 2 heterocycles. The highest BCUT2D eigenvalue weighted by molar-refractivity contribution is 6.03. The maximum atomic E-state index is 11.7. The van der Waals surface area contributed by atoms with Gasteiger partial charge in [0, 0.05) is 17.4 Å². The normalized spacial score (nSPS) is 13.6. The number of nitrogens with zero attached hydrogens (tertiary/aromatic N) is 2. The fourth-order valence-electron chi connectivity index (χ4n) is 3.18. The summed E-state index contributed by atoms with van der Waals surface area (Å²) in [6, 6.07) is 13.2. The lowest BCUT2D eigenvalue weighted by atomic mass is 10.1. The Morgan fingerprint density at radius 3 is 2.92 bits per heavy atom. The summed E-state index contributed by atoms with van der Waals surface area (Å²) in [7, 11) is 0. The van der Waals surface area contributed by atoms with Crippen LogP contribution >= 0.6 is 0 Å². The van der Waals surface area contributed by atoms with Gasteiger partial charge in [0.15, 0.2) is 5.78 Å². The summed E-state index contributed by atoms with van der Waals surface area (Å²) >= 11 is 0. The van der Waals surface area contributed by atoms with Gasteiger partial charge in [0.2, 0.25) is 5.58 Å². The standard InChI is InChI=1S/C19H12N2O3/c22-15-8-5-11-9-12(6-7-13(11)15)23-19-18-17(20-10-21-19)14-3-1-2-4-16(14)24-18/h1-4,6-7,9-10H,5,8H2. The van der Waals surface area contributed by atoms with E-state index in [0.29, 0.717) is 23.6 Å². The molecule has 5 heteroatoms. The van der Waals surface area contributed by atoms with E-state index >= 15 is 0 Å². The smallest absolute Gasteiger partial charge is 0.267 e. The first kappa shape index (κ1) is 13.2. The van der Waals surface area contributed by atoms with Crippen molar-refractivity contribution < 1.29 is 13.9 Å². The summed E-state index contributed by atoms with van der Waals surface area (Å²) in [6.07, 6.45) is 2.80. The molecule has 24 heavy (non-hydrogen) atoms. The predicted molar refractivity (Wildman–Crippen MR) is 88.5 cm³/mol. The van der Waals surface area contributed by atoms with Crippen LogP contribution in [0.2, 0.25) is 0 Å². The van der Waals surface area contributed by atoms with Crippen LogP contribution in [0.25, 0.3) is 22.1 Å². The van der Waals surface area contributed by atoms with E-state index in [2.05, 4.69) is 9.97 Å². The highest BCUT2D eigenvalue weighted by Crippen LogP contribution is 2.34. The van der Waals surface area contributed by atoms with Crippen LogP contribution in [0.15, 0.2) is 53.2 Å². The zero-order valence-corrected chi connectivity index (χ0v) is 12.7. The third kappa shape index (κ3) is 1.91. The Morgan fingerprint density at radius 2 is 1.96 bits per heavy atom. The number of fused-ring (bicyclic) bond motifs is 4. The van der Waals surface area contributed by atoms with E-state index in [4.69, 9.17) is 9.15 Å². The van der Waals surface area contributed by atoms with Crippen LogP contribution in [0.1, 0.15) is 22.3 Å². The molecule has 0 saturated heterocycles. The van der Waals surface area contributed by atoms with Gasteiger partial charge in [-0.3, -0.25) is 4.79 Å². The van der Waals surface area contributed by atoms with Gasteiger partial charge in [-0.2, -0.15) is 4.98 Å². The fourth-order valence-corrected chi connectivity index (χ4v) is 3.18. The number of carbonyl (C=O) groups excluding carboxylic acids is 1. The van der Waals surface area contributed by atoms with Crippen molar-refractivity contribution in [3.63, 3.8) is 0 Å². The topological polar surface area (TPSA) is 65.2 Å². The second kappa shape index (κ2) is 4.89. The number of hydrogen-bond donors (Lipinski definition) is 0. The number of para-hydroxylation sites is 1. The van der Waals surface area contributed by atoms with Crippen molar-refractivity contribution in [2.45, 2.75) is 12.8 Å². The zero-order chi connectivity index (χ0) is 16.1. The van der Waals surface area contributed by atoms with Crippen LogP contribution < -0.4 is 4.74 Å². The van der Waals surface area contributed by atoms with Crippen molar-refractivity contribution >= 4 is 27.9 Å². The van der Waals surface area contributed by atoms with Crippen LogP contribution in [-0.2, 0) is 6.42 Å². The summed E-state index contributed by atoms with van der Waals surface area (Å²) in [5.41, 5.74) is 3.81. The molecule has 2 aromatic carbocycles. The number of ether oxygens (including phenoxy) is 1. The van der Waals surface area contributed by atoms with Gasteiger partial charge >= 0.3 is 0 Å². The summed E-state index contributed by atoms with van der Waals surface area (Å²) in [6.45, 7) is 0. The van der Waals surface area contributed by atoms with E-state index in [1.807, 2.05) is 36.4 Å². The number of ketones is 1. The monoisotopic (exact) mass is 316 g/mol. The second-order valence-electron chi connectivity index (χ2n) is 5.80. The van der Waals surface area contributed by atoms with E-state index in [1.54, 1.807) is 6.07 Å². The van der Waals surface area contributed by atoms with Crippen molar-refractivity contribution in [2.75, 3.05) is 0 Å². The van der Waals surface area contributed by atoms with E-state index in [1.165, 1.54) is 6.33 Å². The molecule has 0 bridgehead atoms. The highest BCUT2D eigenvalue weighted by atomic mass is 16.5. The summed E-state index contributed by atoms with van der Waals surface area (Å²) in [5, 5.41) is 0.930. The molecule has 0 N–H and O–H groups in total. The Kier molecular flexibility index (Phi) is 2.70. The molecule has 0 atom stereocenters. The third-order valence-corrected chi connectivity index (χ3v) is 4.34. The lowest BCUT2D eigenvalue weighted by molar-refractivity contribution is 0.0994. The second-order valence-corrected chi connectivity index (χ2v) is 5.80. The largest absolute Gasteiger partial charge is 0.449 e. The van der Waals surface area contributed by atoms with Crippen molar-refractivity contribution in [1.82, 2.24) is 9.97 Å². The van der Waals surface area contributed by atoms with Crippen LogP contribution in [0.4, 0.5) is 0 Å². The number of aryl methyl sites for hydroxylation is 1. The average molecular weight is 316 g/mol. The molecule has 116 valence electrons. The van der Waals surface area contributed by atoms with Crippen LogP contribution in [-0.4, -0.2) is 15.8 Å². The summed E-state index contributed by atoms with van der Waals surface area (Å²) < 4.78 is 11.8. The van der Waals surface area contributed by atoms with Crippen LogP contribution in [0, 0.1) is 0 Å². The molecular formula is C19H12N2O3. The van der Waals surface area contributed by atoms with Crippen LogP contribution in [0.3, 0.4) is 0 Å². The van der Waals surface area contributed by atoms with E-state index in [9.17, 15) is 4.79 Å².